The smallest absolute Gasteiger partial charge is 0.418 e. The number of rotatable bonds is 7. The van der Waals surface area contributed by atoms with E-state index in [1.807, 2.05) is 24.4 Å². The fourth-order valence-electron chi connectivity index (χ4n) is 5.19. The molecule has 12 heteroatoms. The third-order valence-electron chi connectivity index (χ3n) is 7.37. The zero-order chi connectivity index (χ0) is 31.6. The van der Waals surface area contributed by atoms with Gasteiger partial charge in [0.1, 0.15) is 11.4 Å². The molecule has 1 fully saturated rings. The number of benzene rings is 3. The number of carbonyl (C=O) groups is 1. The number of pyridine rings is 1. The molecule has 2 aromatic heterocycles. The molecular formula is C33H27ClF3N5O3. The number of methoxy groups -OCH3 is 1. The van der Waals surface area contributed by atoms with Crippen molar-refractivity contribution in [1.82, 2.24) is 14.8 Å². The zero-order valence-corrected chi connectivity index (χ0v) is 24.8. The number of hydrogen-bond acceptors (Lipinski definition) is 6. The van der Waals surface area contributed by atoms with Gasteiger partial charge in [0.05, 0.1) is 31.6 Å². The van der Waals surface area contributed by atoms with Gasteiger partial charge < -0.3 is 19.7 Å². The minimum atomic E-state index is -4.64. The van der Waals surface area contributed by atoms with Crippen LogP contribution in [-0.4, -0.2) is 54.1 Å². The number of alkyl halides is 3. The van der Waals surface area contributed by atoms with Crippen molar-refractivity contribution in [1.29, 1.82) is 0 Å². The van der Waals surface area contributed by atoms with Crippen molar-refractivity contribution in [3.8, 4) is 33.8 Å². The molecule has 3 aromatic carbocycles. The Kier molecular flexibility index (Phi) is 8.46. The highest BCUT2D eigenvalue weighted by Crippen LogP contribution is 2.38. The number of halogens is 4. The van der Waals surface area contributed by atoms with Crippen LogP contribution < -0.4 is 15.0 Å². The van der Waals surface area contributed by atoms with Gasteiger partial charge in [-0.1, -0.05) is 17.7 Å². The summed E-state index contributed by atoms with van der Waals surface area (Å²) in [7, 11) is 1.56. The molecule has 1 N–H and O–H groups in total. The van der Waals surface area contributed by atoms with E-state index in [0.717, 1.165) is 22.8 Å². The number of amides is 1. The quantitative estimate of drug-likeness (QED) is 0.202. The van der Waals surface area contributed by atoms with E-state index in [0.29, 0.717) is 54.1 Å². The minimum absolute atomic E-state index is 0.0289. The van der Waals surface area contributed by atoms with E-state index in [1.165, 1.54) is 12.1 Å². The first-order valence-corrected chi connectivity index (χ1v) is 14.4. The average molecular weight is 634 g/mol. The number of morpholine rings is 1. The molecule has 0 unspecified atom stereocenters. The second-order valence-electron chi connectivity index (χ2n) is 10.3. The molecule has 1 amide bonds. The van der Waals surface area contributed by atoms with E-state index in [-0.39, 0.29) is 11.3 Å². The van der Waals surface area contributed by atoms with Crippen LogP contribution in [0.1, 0.15) is 15.9 Å². The Morgan fingerprint density at radius 3 is 2.49 bits per heavy atom. The van der Waals surface area contributed by atoms with Gasteiger partial charge in [0.25, 0.3) is 5.91 Å². The van der Waals surface area contributed by atoms with Crippen molar-refractivity contribution >= 4 is 28.9 Å². The maximum absolute atomic E-state index is 14.0. The second kappa shape index (κ2) is 12.6. The summed E-state index contributed by atoms with van der Waals surface area (Å²) < 4.78 is 54.5. The normalized spacial score (nSPS) is 13.5. The van der Waals surface area contributed by atoms with E-state index in [2.05, 4.69) is 10.3 Å². The molecule has 8 nitrogen and oxygen atoms in total. The maximum atomic E-state index is 14.0. The molecule has 45 heavy (non-hydrogen) atoms. The molecule has 0 spiro atoms. The third kappa shape index (κ3) is 6.64. The Bertz CT molecular complexity index is 1840. The van der Waals surface area contributed by atoms with Gasteiger partial charge in [-0.15, -0.1) is 0 Å². The van der Waals surface area contributed by atoms with Crippen molar-refractivity contribution in [3.05, 3.63) is 108 Å². The molecule has 0 atom stereocenters. The first-order valence-electron chi connectivity index (χ1n) is 14.0. The number of aromatic nitrogens is 3. The van der Waals surface area contributed by atoms with Crippen LogP contribution in [-0.2, 0) is 10.9 Å². The highest BCUT2D eigenvalue weighted by Gasteiger charge is 2.36. The number of anilines is 2. The van der Waals surface area contributed by atoms with Gasteiger partial charge in [-0.2, -0.15) is 18.3 Å². The van der Waals surface area contributed by atoms with Crippen LogP contribution in [0.2, 0.25) is 5.02 Å². The van der Waals surface area contributed by atoms with E-state index >= 15 is 0 Å². The number of ether oxygens (including phenoxy) is 2. The Morgan fingerprint density at radius 2 is 1.76 bits per heavy atom. The standard InChI is InChI=1S/C33H27ClF3N5O3/c1-44-27-16-23(15-24(34)18-27)31-28(21-7-9-38-10-8-21)20-42(40-31)26-4-2-3-25(19-26)39-32(43)22-5-6-30(29(17-22)33(35,36)37)41-11-13-45-14-12-41/h2-10,15-20H,11-14H2,1H3,(H,39,43). The van der Waals surface area contributed by atoms with Crippen molar-refractivity contribution < 1.29 is 27.4 Å². The third-order valence-corrected chi connectivity index (χ3v) is 7.59. The van der Waals surface area contributed by atoms with E-state index in [4.69, 9.17) is 26.2 Å². The molecule has 5 aromatic rings. The fourth-order valence-corrected chi connectivity index (χ4v) is 5.42. The van der Waals surface area contributed by atoms with Crippen molar-refractivity contribution in [2.24, 2.45) is 0 Å². The van der Waals surface area contributed by atoms with Crippen LogP contribution in [0.3, 0.4) is 0 Å². The van der Waals surface area contributed by atoms with Crippen molar-refractivity contribution in [2.75, 3.05) is 43.6 Å². The van der Waals surface area contributed by atoms with Gasteiger partial charge in [-0.3, -0.25) is 9.78 Å². The minimum Gasteiger partial charge on any atom is -0.497 e. The number of nitrogens with zero attached hydrogens (tertiary/aromatic N) is 4. The predicted molar refractivity (Wildman–Crippen MR) is 166 cm³/mol. The van der Waals surface area contributed by atoms with Crippen LogP contribution in [0.15, 0.2) is 91.4 Å². The van der Waals surface area contributed by atoms with Gasteiger partial charge in [0, 0.05) is 64.8 Å². The van der Waals surface area contributed by atoms with Crippen LogP contribution in [0.5, 0.6) is 5.75 Å². The summed E-state index contributed by atoms with van der Waals surface area (Å²) in [6, 6.07) is 19.6. The fraction of sp³-hybridized carbons (Fsp3) is 0.182. The summed E-state index contributed by atoms with van der Waals surface area (Å²) in [5.41, 5.74) is 3.09. The van der Waals surface area contributed by atoms with Gasteiger partial charge >= 0.3 is 6.18 Å². The Balaban J connectivity index is 1.32. The molecule has 1 aliphatic heterocycles. The number of hydrogen-bond donors (Lipinski definition) is 1. The van der Waals surface area contributed by atoms with Crippen LogP contribution >= 0.6 is 11.6 Å². The summed E-state index contributed by atoms with van der Waals surface area (Å²) >= 11 is 6.37. The largest absolute Gasteiger partial charge is 0.497 e. The highest BCUT2D eigenvalue weighted by atomic mass is 35.5. The lowest BCUT2D eigenvalue weighted by molar-refractivity contribution is -0.137. The summed E-state index contributed by atoms with van der Waals surface area (Å²) in [6.07, 6.45) is 0.575. The molecule has 0 radical (unpaired) electrons. The van der Waals surface area contributed by atoms with Gasteiger partial charge in [0.15, 0.2) is 0 Å². The molecule has 230 valence electrons. The molecule has 0 bridgehead atoms. The van der Waals surface area contributed by atoms with Crippen LogP contribution in [0, 0.1) is 0 Å². The van der Waals surface area contributed by atoms with E-state index in [9.17, 15) is 18.0 Å². The van der Waals surface area contributed by atoms with Gasteiger partial charge in [-0.25, -0.2) is 4.68 Å². The van der Waals surface area contributed by atoms with Crippen molar-refractivity contribution in [2.45, 2.75) is 6.18 Å². The van der Waals surface area contributed by atoms with E-state index in [1.54, 1.807) is 65.5 Å². The van der Waals surface area contributed by atoms with Crippen LogP contribution in [0.4, 0.5) is 24.5 Å². The maximum Gasteiger partial charge on any atom is 0.418 e. The van der Waals surface area contributed by atoms with Crippen molar-refractivity contribution in [3.63, 3.8) is 0 Å². The average Bonchev–Trinajstić information content (AvgIpc) is 3.51. The molecule has 3 heterocycles. The predicted octanol–water partition coefficient (Wildman–Crippen LogP) is 7.37. The summed E-state index contributed by atoms with van der Waals surface area (Å²) in [4.78, 5) is 18.9. The first-order chi connectivity index (χ1) is 21.7. The monoisotopic (exact) mass is 633 g/mol. The molecule has 1 aliphatic rings. The Morgan fingerprint density at radius 1 is 0.978 bits per heavy atom. The van der Waals surface area contributed by atoms with E-state index < -0.39 is 17.6 Å². The lowest BCUT2D eigenvalue weighted by Crippen LogP contribution is -2.37. The summed E-state index contributed by atoms with van der Waals surface area (Å²) in [6.45, 7) is 1.35. The highest BCUT2D eigenvalue weighted by molar-refractivity contribution is 6.31. The summed E-state index contributed by atoms with van der Waals surface area (Å²) in [5.74, 6) is -0.0973. The molecular weight excluding hydrogens is 607 g/mol. The molecule has 6 rings (SSSR count). The zero-order valence-electron chi connectivity index (χ0n) is 24.0. The lowest BCUT2D eigenvalue weighted by Gasteiger charge is -2.31. The first kappa shape index (κ1) is 30.2. The Labute approximate surface area is 262 Å². The van der Waals surface area contributed by atoms with Gasteiger partial charge in [0.2, 0.25) is 0 Å². The Hall–Kier alpha value is -4.87. The lowest BCUT2D eigenvalue weighted by atomic mass is 10.0. The summed E-state index contributed by atoms with van der Waals surface area (Å²) in [5, 5.41) is 8.06. The molecule has 0 aliphatic carbocycles. The van der Waals surface area contributed by atoms with Crippen LogP contribution in [0.25, 0.3) is 28.1 Å². The topological polar surface area (TPSA) is 81.5 Å². The second-order valence-corrected chi connectivity index (χ2v) is 10.7. The SMILES string of the molecule is COc1cc(Cl)cc(-c2nn(-c3cccc(NC(=O)c4ccc(N5CCOCC5)c(C(F)(F)F)c4)c3)cc2-c2ccncc2)c1. The number of nitrogens with one attached hydrogen (secondary N) is 1. The number of carbonyl (C=O) groups excluding carboxylic acids is 1. The molecule has 1 saturated heterocycles. The van der Waals surface area contributed by atoms with Gasteiger partial charge in [-0.05, 0) is 72.3 Å². The molecule has 0 saturated carbocycles.